The molecule has 0 aliphatic carbocycles. The number of aromatic carboxylic acids is 1. The van der Waals surface area contributed by atoms with Crippen molar-refractivity contribution in [3.05, 3.63) is 30.1 Å². The van der Waals surface area contributed by atoms with Crippen molar-refractivity contribution in [3.63, 3.8) is 0 Å². The van der Waals surface area contributed by atoms with Crippen molar-refractivity contribution >= 4 is 17.0 Å². The van der Waals surface area contributed by atoms with Crippen LogP contribution in [0.1, 0.15) is 17.3 Å². The van der Waals surface area contributed by atoms with Crippen LogP contribution in [0.2, 0.25) is 0 Å². The molecule has 0 saturated heterocycles. The van der Waals surface area contributed by atoms with Crippen LogP contribution >= 0.6 is 0 Å². The van der Waals surface area contributed by atoms with Gasteiger partial charge in [-0.3, -0.25) is 0 Å². The van der Waals surface area contributed by atoms with E-state index in [1.54, 1.807) is 24.5 Å². The van der Waals surface area contributed by atoms with Crippen LogP contribution in [0.4, 0.5) is 0 Å². The van der Waals surface area contributed by atoms with E-state index in [0.29, 0.717) is 5.56 Å². The predicted molar refractivity (Wildman–Crippen MR) is 52.4 cm³/mol. The van der Waals surface area contributed by atoms with E-state index in [0.717, 1.165) is 17.6 Å². The number of fused-ring (bicyclic) bond motifs is 1. The lowest BCUT2D eigenvalue weighted by atomic mass is 10.2. The first-order chi connectivity index (χ1) is 6.72. The number of nitrogens with zero attached hydrogens (tertiary/aromatic N) is 2. The molecule has 2 rings (SSSR count). The first-order valence-corrected chi connectivity index (χ1v) is 4.40. The number of benzene rings is 1. The molecule has 72 valence electrons. The molecule has 0 amide bonds. The monoisotopic (exact) mass is 190 g/mol. The summed E-state index contributed by atoms with van der Waals surface area (Å²) in [6.07, 6.45) is 1.72. The Morgan fingerprint density at radius 1 is 1.57 bits per heavy atom. The van der Waals surface area contributed by atoms with Gasteiger partial charge in [0.25, 0.3) is 0 Å². The summed E-state index contributed by atoms with van der Waals surface area (Å²) >= 11 is 0. The fraction of sp³-hybridized carbons (Fsp3) is 0.200. The third-order valence-corrected chi connectivity index (χ3v) is 2.21. The number of rotatable bonds is 2. The molecular formula is C10H10N2O2. The Morgan fingerprint density at radius 3 is 3.00 bits per heavy atom. The van der Waals surface area contributed by atoms with Gasteiger partial charge in [0, 0.05) is 6.54 Å². The summed E-state index contributed by atoms with van der Waals surface area (Å²) in [4.78, 5) is 14.9. The van der Waals surface area contributed by atoms with Crippen LogP contribution in [0.15, 0.2) is 24.5 Å². The van der Waals surface area contributed by atoms with Gasteiger partial charge in [-0.25, -0.2) is 9.78 Å². The molecule has 0 atom stereocenters. The summed E-state index contributed by atoms with van der Waals surface area (Å²) in [7, 11) is 0. The van der Waals surface area contributed by atoms with Crippen LogP contribution in [-0.2, 0) is 6.54 Å². The summed E-state index contributed by atoms with van der Waals surface area (Å²) in [6, 6.07) is 4.94. The standard InChI is InChI=1S/C10H10N2O2/c1-2-12-6-11-8-4-3-7(10(13)14)5-9(8)12/h3-6H,2H2,1H3,(H,13,14). The van der Waals surface area contributed by atoms with Gasteiger partial charge in [0.15, 0.2) is 0 Å². The Bertz CT molecular complexity index is 488. The van der Waals surface area contributed by atoms with Crippen LogP contribution in [0.3, 0.4) is 0 Å². The third-order valence-electron chi connectivity index (χ3n) is 2.21. The molecule has 1 N–H and O–H groups in total. The first-order valence-electron chi connectivity index (χ1n) is 4.40. The van der Waals surface area contributed by atoms with Crippen LogP contribution < -0.4 is 0 Å². The lowest BCUT2D eigenvalue weighted by Gasteiger charge is -1.99. The smallest absolute Gasteiger partial charge is 0.335 e. The highest BCUT2D eigenvalue weighted by molar-refractivity contribution is 5.92. The maximum absolute atomic E-state index is 10.7. The van der Waals surface area contributed by atoms with Crippen LogP contribution in [0.25, 0.3) is 11.0 Å². The molecular weight excluding hydrogens is 180 g/mol. The average molecular weight is 190 g/mol. The van der Waals surface area contributed by atoms with Gasteiger partial charge in [-0.05, 0) is 25.1 Å². The largest absolute Gasteiger partial charge is 0.478 e. The maximum Gasteiger partial charge on any atom is 0.335 e. The second-order valence-corrected chi connectivity index (χ2v) is 3.04. The molecule has 0 bridgehead atoms. The molecule has 0 radical (unpaired) electrons. The Hall–Kier alpha value is -1.84. The van der Waals surface area contributed by atoms with E-state index in [4.69, 9.17) is 5.11 Å². The zero-order chi connectivity index (χ0) is 10.1. The minimum absolute atomic E-state index is 0.299. The normalized spacial score (nSPS) is 10.6. The van der Waals surface area contributed by atoms with Crippen molar-refractivity contribution in [1.29, 1.82) is 0 Å². The molecule has 14 heavy (non-hydrogen) atoms. The summed E-state index contributed by atoms with van der Waals surface area (Å²) in [6.45, 7) is 2.79. The van der Waals surface area contributed by atoms with Crippen molar-refractivity contribution in [2.24, 2.45) is 0 Å². The average Bonchev–Trinajstić information content (AvgIpc) is 2.59. The molecule has 4 nitrogen and oxygen atoms in total. The number of aryl methyl sites for hydroxylation is 1. The molecule has 4 heteroatoms. The molecule has 0 saturated carbocycles. The van der Waals surface area contributed by atoms with Gasteiger partial charge in [0.2, 0.25) is 0 Å². The minimum atomic E-state index is -0.907. The van der Waals surface area contributed by atoms with E-state index in [1.807, 2.05) is 11.5 Å². The highest BCUT2D eigenvalue weighted by Crippen LogP contribution is 2.14. The maximum atomic E-state index is 10.7. The molecule has 0 spiro atoms. The van der Waals surface area contributed by atoms with Crippen LogP contribution in [0.5, 0.6) is 0 Å². The highest BCUT2D eigenvalue weighted by atomic mass is 16.4. The quantitative estimate of drug-likeness (QED) is 0.784. The van der Waals surface area contributed by atoms with Gasteiger partial charge < -0.3 is 9.67 Å². The zero-order valence-corrected chi connectivity index (χ0v) is 7.77. The summed E-state index contributed by atoms with van der Waals surface area (Å²) in [5.41, 5.74) is 2.00. The van der Waals surface area contributed by atoms with E-state index in [9.17, 15) is 4.79 Å². The van der Waals surface area contributed by atoms with E-state index >= 15 is 0 Å². The molecule has 0 fully saturated rings. The van der Waals surface area contributed by atoms with Crippen LogP contribution in [0, 0.1) is 0 Å². The number of carboxylic acids is 1. The fourth-order valence-electron chi connectivity index (χ4n) is 1.44. The number of hydrogen-bond donors (Lipinski definition) is 1. The van der Waals surface area contributed by atoms with Gasteiger partial charge in [0.1, 0.15) is 0 Å². The Labute approximate surface area is 80.8 Å². The SMILES string of the molecule is CCn1cnc2ccc(C(=O)O)cc21. The summed E-state index contributed by atoms with van der Waals surface area (Å²) in [5, 5.41) is 8.82. The number of hydrogen-bond acceptors (Lipinski definition) is 2. The number of carbonyl (C=O) groups is 1. The molecule has 1 aromatic heterocycles. The lowest BCUT2D eigenvalue weighted by molar-refractivity contribution is 0.0697. The number of aromatic nitrogens is 2. The zero-order valence-electron chi connectivity index (χ0n) is 7.77. The molecule has 0 unspecified atom stereocenters. The minimum Gasteiger partial charge on any atom is -0.478 e. The lowest BCUT2D eigenvalue weighted by Crippen LogP contribution is -1.97. The van der Waals surface area contributed by atoms with Gasteiger partial charge in [-0.2, -0.15) is 0 Å². The molecule has 1 aromatic carbocycles. The Balaban J connectivity index is 2.67. The van der Waals surface area contributed by atoms with E-state index in [1.165, 1.54) is 0 Å². The van der Waals surface area contributed by atoms with Crippen molar-refractivity contribution in [3.8, 4) is 0 Å². The van der Waals surface area contributed by atoms with Crippen molar-refractivity contribution in [1.82, 2.24) is 9.55 Å². The number of carboxylic acid groups (broad SMARTS) is 1. The Kier molecular flexibility index (Phi) is 1.96. The summed E-state index contributed by atoms with van der Waals surface area (Å²) in [5.74, 6) is -0.907. The van der Waals surface area contributed by atoms with Gasteiger partial charge in [-0.15, -0.1) is 0 Å². The van der Waals surface area contributed by atoms with Gasteiger partial charge >= 0.3 is 5.97 Å². The van der Waals surface area contributed by atoms with E-state index < -0.39 is 5.97 Å². The third kappa shape index (κ3) is 1.25. The molecule has 2 aromatic rings. The van der Waals surface area contributed by atoms with Gasteiger partial charge in [0.05, 0.1) is 22.9 Å². The number of imidazole rings is 1. The van der Waals surface area contributed by atoms with Crippen molar-refractivity contribution in [2.45, 2.75) is 13.5 Å². The van der Waals surface area contributed by atoms with E-state index in [-0.39, 0.29) is 0 Å². The van der Waals surface area contributed by atoms with Gasteiger partial charge in [-0.1, -0.05) is 0 Å². The summed E-state index contributed by atoms with van der Waals surface area (Å²) < 4.78 is 1.92. The van der Waals surface area contributed by atoms with E-state index in [2.05, 4.69) is 4.98 Å². The first kappa shape index (κ1) is 8.74. The van der Waals surface area contributed by atoms with Crippen molar-refractivity contribution < 1.29 is 9.90 Å². The predicted octanol–water partition coefficient (Wildman–Crippen LogP) is 1.75. The Morgan fingerprint density at radius 2 is 2.36 bits per heavy atom. The molecule has 1 heterocycles. The van der Waals surface area contributed by atoms with Crippen LogP contribution in [-0.4, -0.2) is 20.6 Å². The fourth-order valence-corrected chi connectivity index (χ4v) is 1.44. The second kappa shape index (κ2) is 3.14. The highest BCUT2D eigenvalue weighted by Gasteiger charge is 2.06. The molecule has 0 aliphatic heterocycles. The molecule has 0 aliphatic rings. The van der Waals surface area contributed by atoms with Crippen molar-refractivity contribution in [2.75, 3.05) is 0 Å². The topological polar surface area (TPSA) is 55.1 Å². The second-order valence-electron chi connectivity index (χ2n) is 3.04.